The Bertz CT molecular complexity index is 2820. The normalized spacial score (nSPS) is 13.1. The maximum atomic E-state index is 5.24. The second kappa shape index (κ2) is 11.5. The van der Waals surface area contributed by atoms with Gasteiger partial charge in [0.1, 0.15) is 0 Å². The number of hydrogen-bond donors (Lipinski definition) is 0. The minimum Gasteiger partial charge on any atom is -0.255 e. The van der Waals surface area contributed by atoms with Crippen molar-refractivity contribution in [3.05, 3.63) is 204 Å². The average Bonchev–Trinajstić information content (AvgIpc) is 3.71. The van der Waals surface area contributed by atoms with E-state index in [4.69, 9.17) is 19.9 Å². The summed E-state index contributed by atoms with van der Waals surface area (Å²) < 4.78 is 0. The molecule has 0 saturated carbocycles. The lowest BCUT2D eigenvalue weighted by Crippen LogP contribution is -2.26. The van der Waals surface area contributed by atoms with Crippen LogP contribution in [0.15, 0.2) is 182 Å². The summed E-state index contributed by atoms with van der Waals surface area (Å²) in [5.74, 6) is 1.89. The highest BCUT2D eigenvalue weighted by Crippen LogP contribution is 2.63. The lowest BCUT2D eigenvalue weighted by atomic mass is 9.69. The van der Waals surface area contributed by atoms with Gasteiger partial charge in [-0.3, -0.25) is 4.98 Å². The maximum Gasteiger partial charge on any atom is 0.164 e. The average molecular weight is 675 g/mol. The summed E-state index contributed by atoms with van der Waals surface area (Å²) >= 11 is 0. The van der Waals surface area contributed by atoms with Crippen LogP contribution in [-0.2, 0) is 5.41 Å². The molecule has 0 atom stereocenters. The molecule has 0 amide bonds. The molecule has 4 nitrogen and oxygen atoms in total. The van der Waals surface area contributed by atoms with Gasteiger partial charge in [0.05, 0.1) is 11.1 Å². The molecule has 2 aliphatic rings. The molecular weight excluding hydrogens is 645 g/mol. The molecule has 2 aliphatic carbocycles. The van der Waals surface area contributed by atoms with Gasteiger partial charge in [0.15, 0.2) is 17.5 Å². The molecule has 0 unspecified atom stereocenters. The summed E-state index contributed by atoms with van der Waals surface area (Å²) in [7, 11) is 0. The summed E-state index contributed by atoms with van der Waals surface area (Å²) in [5.41, 5.74) is 14.6. The minimum absolute atomic E-state index is 0.472. The molecule has 7 aromatic carbocycles. The van der Waals surface area contributed by atoms with Crippen molar-refractivity contribution in [1.82, 2.24) is 19.9 Å². The van der Waals surface area contributed by atoms with Gasteiger partial charge in [-0.05, 0) is 50.4 Å². The topological polar surface area (TPSA) is 51.6 Å². The van der Waals surface area contributed by atoms with E-state index in [1.54, 1.807) is 0 Å². The number of hydrogen-bond acceptors (Lipinski definition) is 4. The van der Waals surface area contributed by atoms with Crippen molar-refractivity contribution in [1.29, 1.82) is 0 Å². The van der Waals surface area contributed by atoms with Crippen molar-refractivity contribution in [2.75, 3.05) is 0 Å². The third-order valence-electron chi connectivity index (χ3n) is 11.0. The van der Waals surface area contributed by atoms with Crippen LogP contribution in [-0.4, -0.2) is 19.9 Å². The zero-order chi connectivity index (χ0) is 34.9. The van der Waals surface area contributed by atoms with Crippen LogP contribution in [0.5, 0.6) is 0 Å². The Morgan fingerprint density at radius 2 is 0.792 bits per heavy atom. The number of benzene rings is 7. The van der Waals surface area contributed by atoms with E-state index in [1.165, 1.54) is 49.9 Å². The molecule has 0 saturated heterocycles. The van der Waals surface area contributed by atoms with Crippen molar-refractivity contribution in [2.24, 2.45) is 0 Å². The second-order valence-corrected chi connectivity index (χ2v) is 13.8. The van der Waals surface area contributed by atoms with Crippen molar-refractivity contribution in [2.45, 2.75) is 5.41 Å². The lowest BCUT2D eigenvalue weighted by molar-refractivity contribution is 0.799. The van der Waals surface area contributed by atoms with Crippen LogP contribution in [0.4, 0.5) is 0 Å². The smallest absolute Gasteiger partial charge is 0.164 e. The Morgan fingerprint density at radius 1 is 0.358 bits per heavy atom. The predicted molar refractivity (Wildman–Crippen MR) is 213 cm³/mol. The van der Waals surface area contributed by atoms with Crippen molar-refractivity contribution in [3.8, 4) is 67.7 Å². The van der Waals surface area contributed by atoms with E-state index in [1.807, 2.05) is 42.6 Å². The minimum atomic E-state index is -0.472. The van der Waals surface area contributed by atoms with E-state index >= 15 is 0 Å². The van der Waals surface area contributed by atoms with Crippen molar-refractivity contribution >= 4 is 10.8 Å². The first kappa shape index (κ1) is 29.7. The Morgan fingerprint density at radius 3 is 1.42 bits per heavy atom. The van der Waals surface area contributed by atoms with Crippen LogP contribution in [0, 0.1) is 0 Å². The molecule has 246 valence electrons. The molecule has 0 aliphatic heterocycles. The zero-order valence-corrected chi connectivity index (χ0v) is 28.6. The van der Waals surface area contributed by atoms with E-state index in [2.05, 4.69) is 140 Å². The molecular formula is C49H30N4. The van der Waals surface area contributed by atoms with Crippen molar-refractivity contribution in [3.63, 3.8) is 0 Å². The van der Waals surface area contributed by atoms with E-state index in [0.717, 1.165) is 33.3 Å². The fourth-order valence-corrected chi connectivity index (χ4v) is 8.68. The third kappa shape index (κ3) is 4.36. The second-order valence-electron chi connectivity index (χ2n) is 13.8. The van der Waals surface area contributed by atoms with Crippen LogP contribution in [0.3, 0.4) is 0 Å². The first-order valence-electron chi connectivity index (χ1n) is 18.0. The Labute approximate surface area is 307 Å². The molecule has 0 fully saturated rings. The van der Waals surface area contributed by atoms with Gasteiger partial charge >= 0.3 is 0 Å². The molecule has 0 bridgehead atoms. The van der Waals surface area contributed by atoms with E-state index in [0.29, 0.717) is 17.5 Å². The summed E-state index contributed by atoms with van der Waals surface area (Å²) in [6, 6.07) is 62.2. The van der Waals surface area contributed by atoms with Gasteiger partial charge in [0.25, 0.3) is 0 Å². The molecule has 2 heterocycles. The number of nitrogens with zero attached hydrogens (tertiary/aromatic N) is 4. The summed E-state index contributed by atoms with van der Waals surface area (Å²) in [4.78, 5) is 20.4. The quantitative estimate of drug-likeness (QED) is 0.186. The molecule has 1 spiro atoms. The molecule has 11 rings (SSSR count). The van der Waals surface area contributed by atoms with Crippen LogP contribution in [0.1, 0.15) is 22.3 Å². The number of rotatable bonds is 4. The van der Waals surface area contributed by atoms with E-state index in [9.17, 15) is 0 Å². The van der Waals surface area contributed by atoms with Gasteiger partial charge in [-0.1, -0.05) is 170 Å². The van der Waals surface area contributed by atoms with Crippen LogP contribution < -0.4 is 0 Å². The molecule has 0 N–H and O–H groups in total. The monoisotopic (exact) mass is 674 g/mol. The first-order chi connectivity index (χ1) is 26.3. The molecule has 0 radical (unpaired) electrons. The van der Waals surface area contributed by atoms with Crippen LogP contribution in [0.2, 0.25) is 0 Å². The van der Waals surface area contributed by atoms with Gasteiger partial charge in [-0.25, -0.2) is 15.0 Å². The standard InChI is InChI=1S/C49H30N4/c1-3-13-31(14-4-1)32-23-25-34(26-24-32)47-51-46(33-15-5-2-6-16-33)52-48(53-47)35-27-28-37-36(29-35)30-50-45-40-19-9-12-22-43(40)49(44(37)45)41-20-10-7-17-38(41)39-18-8-11-21-42(39)49/h1-30H. The zero-order valence-electron chi connectivity index (χ0n) is 28.6. The summed E-state index contributed by atoms with van der Waals surface area (Å²) in [6.07, 6.45) is 2.02. The van der Waals surface area contributed by atoms with Crippen molar-refractivity contribution < 1.29 is 0 Å². The van der Waals surface area contributed by atoms with Gasteiger partial charge in [0.2, 0.25) is 0 Å². The Hall–Kier alpha value is -7.04. The number of pyridine rings is 1. The maximum absolute atomic E-state index is 5.24. The molecule has 4 heteroatoms. The van der Waals surface area contributed by atoms with Crippen LogP contribution >= 0.6 is 0 Å². The molecule has 9 aromatic rings. The van der Waals surface area contributed by atoms with Crippen LogP contribution in [0.25, 0.3) is 78.4 Å². The van der Waals surface area contributed by atoms with Gasteiger partial charge in [-0.15, -0.1) is 0 Å². The summed E-state index contributed by atoms with van der Waals surface area (Å²) in [5, 5.41) is 2.22. The molecule has 53 heavy (non-hydrogen) atoms. The van der Waals surface area contributed by atoms with Gasteiger partial charge in [0, 0.05) is 39.4 Å². The highest BCUT2D eigenvalue weighted by molar-refractivity contribution is 6.03. The largest absolute Gasteiger partial charge is 0.255 e. The lowest BCUT2D eigenvalue weighted by Gasteiger charge is -2.31. The van der Waals surface area contributed by atoms with Gasteiger partial charge < -0.3 is 0 Å². The van der Waals surface area contributed by atoms with Gasteiger partial charge in [-0.2, -0.15) is 0 Å². The SMILES string of the molecule is c1ccc(-c2ccc(-c3nc(-c4ccccc4)nc(-c4ccc5c6c(ncc5c4)-c4ccccc4C64c5ccccc5-c5ccccc54)n3)cc2)cc1. The number of fused-ring (bicyclic) bond motifs is 12. The Balaban J connectivity index is 1.10. The fourth-order valence-electron chi connectivity index (χ4n) is 8.68. The highest BCUT2D eigenvalue weighted by Gasteiger charge is 2.52. The third-order valence-corrected chi connectivity index (χ3v) is 11.0. The Kier molecular flexibility index (Phi) is 6.43. The van der Waals surface area contributed by atoms with E-state index in [-0.39, 0.29) is 0 Å². The fraction of sp³-hybridized carbons (Fsp3) is 0.0204. The van der Waals surface area contributed by atoms with E-state index < -0.39 is 5.41 Å². The summed E-state index contributed by atoms with van der Waals surface area (Å²) in [6.45, 7) is 0. The predicted octanol–water partition coefficient (Wildman–Crippen LogP) is 11.4. The first-order valence-corrected chi connectivity index (χ1v) is 18.0. The molecule has 2 aromatic heterocycles. The number of aromatic nitrogens is 4. The highest BCUT2D eigenvalue weighted by atomic mass is 15.0.